The van der Waals surface area contributed by atoms with E-state index in [0.29, 0.717) is 6.04 Å². The van der Waals surface area contributed by atoms with E-state index in [1.54, 1.807) is 6.20 Å². The molecule has 1 N–H and O–H groups in total. The zero-order valence-electron chi connectivity index (χ0n) is 14.1. The molecule has 4 rings (SSSR count). The molecule has 24 heavy (non-hydrogen) atoms. The molecule has 124 valence electrons. The fourth-order valence-corrected chi connectivity index (χ4v) is 3.34. The summed E-state index contributed by atoms with van der Waals surface area (Å²) in [6.07, 6.45) is 4.01. The van der Waals surface area contributed by atoms with E-state index in [1.165, 1.54) is 0 Å². The van der Waals surface area contributed by atoms with Gasteiger partial charge in [0.2, 0.25) is 0 Å². The first-order valence-electron chi connectivity index (χ1n) is 8.42. The molecule has 0 unspecified atom stereocenters. The third kappa shape index (κ3) is 2.85. The van der Waals surface area contributed by atoms with E-state index < -0.39 is 0 Å². The number of aromatic nitrogens is 5. The predicted octanol–water partition coefficient (Wildman–Crippen LogP) is 2.91. The number of rotatable bonds is 3. The Morgan fingerprint density at radius 1 is 1.04 bits per heavy atom. The number of nitrogens with zero attached hydrogens (tertiary/aromatic N) is 5. The Bertz CT molecular complexity index is 795. The smallest absolute Gasteiger partial charge is 0.158 e. The Morgan fingerprint density at radius 3 is 2.42 bits per heavy atom. The van der Waals surface area contributed by atoms with Crippen molar-refractivity contribution in [3.8, 4) is 22.6 Å². The lowest BCUT2D eigenvalue weighted by atomic mass is 10.0. The van der Waals surface area contributed by atoms with Gasteiger partial charge in [-0.2, -0.15) is 10.2 Å². The third-order valence-corrected chi connectivity index (χ3v) is 4.73. The first-order chi connectivity index (χ1) is 11.7. The molecule has 0 aliphatic carbocycles. The summed E-state index contributed by atoms with van der Waals surface area (Å²) >= 11 is 0. The maximum absolute atomic E-state index is 4.69. The summed E-state index contributed by atoms with van der Waals surface area (Å²) in [5, 5.41) is 11.7. The summed E-state index contributed by atoms with van der Waals surface area (Å²) in [6, 6.07) is 10.8. The van der Waals surface area contributed by atoms with Crippen molar-refractivity contribution in [2.24, 2.45) is 0 Å². The summed E-state index contributed by atoms with van der Waals surface area (Å²) < 4.78 is 2.13. The van der Waals surface area contributed by atoms with E-state index in [1.807, 2.05) is 13.0 Å². The van der Waals surface area contributed by atoms with Gasteiger partial charge < -0.3 is 4.90 Å². The first kappa shape index (κ1) is 15.1. The number of likely N-dealkylation sites (tertiary alicyclic amines) is 1. The molecule has 6 nitrogen and oxygen atoms in total. The van der Waals surface area contributed by atoms with Crippen LogP contribution in [-0.2, 0) is 0 Å². The molecule has 0 saturated carbocycles. The van der Waals surface area contributed by atoms with Gasteiger partial charge >= 0.3 is 0 Å². The summed E-state index contributed by atoms with van der Waals surface area (Å²) in [4.78, 5) is 7.06. The van der Waals surface area contributed by atoms with Gasteiger partial charge in [0.1, 0.15) is 5.82 Å². The number of nitrogens with one attached hydrogen (secondary N) is 1. The molecule has 1 aliphatic heterocycles. The van der Waals surface area contributed by atoms with Crippen molar-refractivity contribution in [2.75, 3.05) is 20.1 Å². The molecule has 0 bridgehead atoms. The normalized spacial score (nSPS) is 16.6. The molecule has 3 aromatic rings. The van der Waals surface area contributed by atoms with Crippen LogP contribution < -0.4 is 0 Å². The molecule has 0 atom stereocenters. The molecule has 2 aromatic heterocycles. The summed E-state index contributed by atoms with van der Waals surface area (Å²) in [5.41, 5.74) is 3.26. The lowest BCUT2D eigenvalue weighted by molar-refractivity contribution is 0.213. The molecule has 0 amide bonds. The molecule has 6 heteroatoms. The Kier molecular flexibility index (Phi) is 3.90. The van der Waals surface area contributed by atoms with Crippen LogP contribution in [0.1, 0.15) is 24.7 Å². The minimum absolute atomic E-state index is 0.435. The van der Waals surface area contributed by atoms with Gasteiger partial charge in [0.25, 0.3) is 0 Å². The fourth-order valence-electron chi connectivity index (χ4n) is 3.34. The Morgan fingerprint density at radius 2 is 1.75 bits per heavy atom. The second-order valence-corrected chi connectivity index (χ2v) is 6.51. The van der Waals surface area contributed by atoms with Gasteiger partial charge in [0.15, 0.2) is 5.82 Å². The van der Waals surface area contributed by atoms with Crippen molar-refractivity contribution in [3.05, 3.63) is 42.4 Å². The highest BCUT2D eigenvalue weighted by Gasteiger charge is 2.23. The quantitative estimate of drug-likeness (QED) is 0.805. The van der Waals surface area contributed by atoms with E-state index in [2.05, 4.69) is 61.2 Å². The van der Waals surface area contributed by atoms with E-state index in [4.69, 9.17) is 0 Å². The topological polar surface area (TPSA) is 62.6 Å². The van der Waals surface area contributed by atoms with Crippen LogP contribution in [0.25, 0.3) is 22.6 Å². The molecule has 1 saturated heterocycles. The van der Waals surface area contributed by atoms with E-state index in [-0.39, 0.29) is 0 Å². The molecule has 3 heterocycles. The highest BCUT2D eigenvalue weighted by atomic mass is 15.4. The van der Waals surface area contributed by atoms with Crippen molar-refractivity contribution >= 4 is 0 Å². The van der Waals surface area contributed by atoms with Gasteiger partial charge in [-0.05, 0) is 51.5 Å². The average Bonchev–Trinajstić information content (AvgIpc) is 3.25. The van der Waals surface area contributed by atoms with Crippen LogP contribution in [0.3, 0.4) is 0 Å². The molecular weight excluding hydrogens is 300 g/mol. The number of H-pyrrole nitrogens is 1. The van der Waals surface area contributed by atoms with Crippen LogP contribution in [0.4, 0.5) is 0 Å². The van der Waals surface area contributed by atoms with Crippen LogP contribution >= 0.6 is 0 Å². The van der Waals surface area contributed by atoms with E-state index >= 15 is 0 Å². The Hall–Kier alpha value is -2.47. The van der Waals surface area contributed by atoms with Gasteiger partial charge in [-0.15, -0.1) is 0 Å². The average molecular weight is 322 g/mol. The number of hydrogen-bond acceptors (Lipinski definition) is 4. The Labute approximate surface area is 141 Å². The van der Waals surface area contributed by atoms with Gasteiger partial charge in [-0.3, -0.25) is 5.10 Å². The minimum Gasteiger partial charge on any atom is -0.306 e. The lowest BCUT2D eigenvalue weighted by Gasteiger charge is -2.29. The molecule has 0 spiro atoms. The maximum atomic E-state index is 4.69. The highest BCUT2D eigenvalue weighted by molar-refractivity contribution is 5.65. The van der Waals surface area contributed by atoms with Crippen LogP contribution in [0.2, 0.25) is 0 Å². The molecular formula is C18H22N6. The third-order valence-electron chi connectivity index (χ3n) is 4.73. The van der Waals surface area contributed by atoms with Crippen LogP contribution in [-0.4, -0.2) is 50.0 Å². The van der Waals surface area contributed by atoms with E-state index in [9.17, 15) is 0 Å². The maximum Gasteiger partial charge on any atom is 0.158 e. The number of hydrogen-bond donors (Lipinski definition) is 1. The molecule has 1 fully saturated rings. The van der Waals surface area contributed by atoms with Crippen molar-refractivity contribution in [3.63, 3.8) is 0 Å². The molecule has 1 aromatic carbocycles. The second kappa shape index (κ2) is 6.20. The largest absolute Gasteiger partial charge is 0.306 e. The van der Waals surface area contributed by atoms with Crippen LogP contribution in [0, 0.1) is 6.92 Å². The number of aromatic amines is 1. The zero-order valence-corrected chi connectivity index (χ0v) is 14.1. The van der Waals surface area contributed by atoms with E-state index in [0.717, 1.165) is 54.4 Å². The van der Waals surface area contributed by atoms with Gasteiger partial charge in [0.05, 0.1) is 11.7 Å². The van der Waals surface area contributed by atoms with Crippen molar-refractivity contribution in [2.45, 2.75) is 25.8 Å². The Balaban J connectivity index is 1.64. The van der Waals surface area contributed by atoms with Crippen LogP contribution in [0.15, 0.2) is 36.5 Å². The number of benzene rings is 1. The SMILES string of the molecule is Cc1nc(-c2ccc(-c3ccn[nH]3)cc2)n(C2CCN(C)CC2)n1. The monoisotopic (exact) mass is 322 g/mol. The lowest BCUT2D eigenvalue weighted by Crippen LogP contribution is -2.32. The van der Waals surface area contributed by atoms with Gasteiger partial charge in [-0.1, -0.05) is 24.3 Å². The van der Waals surface area contributed by atoms with Crippen molar-refractivity contribution in [1.29, 1.82) is 0 Å². The summed E-state index contributed by atoms with van der Waals surface area (Å²) in [6.45, 7) is 4.19. The van der Waals surface area contributed by atoms with Gasteiger partial charge in [-0.25, -0.2) is 9.67 Å². The fraction of sp³-hybridized carbons (Fsp3) is 0.389. The molecule has 1 aliphatic rings. The van der Waals surface area contributed by atoms with Crippen LogP contribution in [0.5, 0.6) is 0 Å². The molecule has 0 radical (unpaired) electrons. The zero-order chi connectivity index (χ0) is 16.5. The predicted molar refractivity (Wildman–Crippen MR) is 93.5 cm³/mol. The number of piperidine rings is 1. The van der Waals surface area contributed by atoms with Crippen molar-refractivity contribution < 1.29 is 0 Å². The van der Waals surface area contributed by atoms with Crippen molar-refractivity contribution in [1.82, 2.24) is 29.9 Å². The summed E-state index contributed by atoms with van der Waals surface area (Å²) in [7, 11) is 2.18. The summed E-state index contributed by atoms with van der Waals surface area (Å²) in [5.74, 6) is 1.81. The number of aryl methyl sites for hydroxylation is 1. The minimum atomic E-state index is 0.435. The second-order valence-electron chi connectivity index (χ2n) is 6.51. The van der Waals surface area contributed by atoms with Gasteiger partial charge in [0, 0.05) is 11.8 Å². The first-order valence-corrected chi connectivity index (χ1v) is 8.42. The highest BCUT2D eigenvalue weighted by Crippen LogP contribution is 2.28. The standard InChI is InChI=1S/C18H22N6/c1-13-20-18(24(22-13)16-8-11-23(2)12-9-16)15-5-3-14(4-6-15)17-7-10-19-21-17/h3-7,10,16H,8-9,11-12H2,1-2H3,(H,19,21).